The van der Waals surface area contributed by atoms with E-state index in [1.807, 2.05) is 48.5 Å². The van der Waals surface area contributed by atoms with Crippen molar-refractivity contribution in [2.24, 2.45) is 0 Å². The summed E-state index contributed by atoms with van der Waals surface area (Å²) in [7, 11) is 1.44. The van der Waals surface area contributed by atoms with E-state index in [2.05, 4.69) is 28.8 Å². The highest BCUT2D eigenvalue weighted by molar-refractivity contribution is 5.98. The number of benzene rings is 5. The van der Waals surface area contributed by atoms with Gasteiger partial charge in [0.15, 0.2) is 12.2 Å². The molecule has 0 bridgehead atoms. The molecular formula is C42H40N2O9. The SMILES string of the molecule is CO[C@@H]1[C@@H](OC(=O)Nc2ccccc2)[C@@H](O)[C@H](Oc2ccc3c(c2C)OCC(NC(=O)c2cccc(-c4ccc5ccccc5c4)c2)=C3O)OC1(C)C. The summed E-state index contributed by atoms with van der Waals surface area (Å²) >= 11 is 0. The summed E-state index contributed by atoms with van der Waals surface area (Å²) in [5.74, 6) is 0.104. The van der Waals surface area contributed by atoms with Crippen molar-refractivity contribution in [3.8, 4) is 22.6 Å². The van der Waals surface area contributed by atoms with Crippen LogP contribution in [0.3, 0.4) is 0 Å². The Balaban J connectivity index is 1.07. The van der Waals surface area contributed by atoms with Crippen LogP contribution in [-0.2, 0) is 14.2 Å². The standard InChI is InChI=1S/C42H40N2O9/c1-24-33(51-40-35(46)37(38(49-4)42(2,3)53-40)52-41(48)43-30-15-6-5-7-16-30)20-19-31-34(45)32(23-50-36(24)31)44-39(47)29-14-10-13-27(22-29)28-18-17-25-11-8-9-12-26(25)21-28/h5-22,35,37-38,40,45-46H,23H2,1-4H3,(H,43,48)(H,44,47)/t35-,37+,38-,40-/m1/s1. The van der Waals surface area contributed by atoms with E-state index >= 15 is 0 Å². The first-order chi connectivity index (χ1) is 25.5. The zero-order chi connectivity index (χ0) is 37.3. The van der Waals surface area contributed by atoms with Gasteiger partial charge in [-0.05, 0) is 85.1 Å². The number of para-hydroxylation sites is 1. The van der Waals surface area contributed by atoms with Crippen LogP contribution < -0.4 is 20.1 Å². The molecule has 11 nitrogen and oxygen atoms in total. The molecule has 5 aromatic carbocycles. The lowest BCUT2D eigenvalue weighted by Gasteiger charge is -2.47. The van der Waals surface area contributed by atoms with Gasteiger partial charge in [-0.3, -0.25) is 10.1 Å². The molecule has 1 saturated heterocycles. The summed E-state index contributed by atoms with van der Waals surface area (Å²) in [6.45, 7) is 5.12. The Morgan fingerprint density at radius 2 is 1.58 bits per heavy atom. The highest BCUT2D eigenvalue weighted by Crippen LogP contribution is 2.41. The molecule has 53 heavy (non-hydrogen) atoms. The number of anilines is 1. The van der Waals surface area contributed by atoms with Gasteiger partial charge in [0.1, 0.15) is 30.0 Å². The molecule has 0 aliphatic carbocycles. The minimum Gasteiger partial charge on any atom is -0.505 e. The van der Waals surface area contributed by atoms with Crippen LogP contribution in [0.25, 0.3) is 27.7 Å². The predicted octanol–water partition coefficient (Wildman–Crippen LogP) is 7.37. The van der Waals surface area contributed by atoms with E-state index in [-0.39, 0.29) is 18.1 Å². The van der Waals surface area contributed by atoms with Crippen molar-refractivity contribution in [1.82, 2.24) is 5.32 Å². The van der Waals surface area contributed by atoms with Crippen molar-refractivity contribution in [2.45, 2.75) is 51.0 Å². The molecule has 0 unspecified atom stereocenters. The Kier molecular flexibility index (Phi) is 9.80. The Labute approximate surface area is 306 Å². The highest BCUT2D eigenvalue weighted by Gasteiger charge is 2.53. The molecule has 4 N–H and O–H groups in total. The van der Waals surface area contributed by atoms with Crippen LogP contribution >= 0.6 is 0 Å². The number of hydrogen-bond acceptors (Lipinski definition) is 9. The van der Waals surface area contributed by atoms with Gasteiger partial charge in [0.05, 0.1) is 16.9 Å². The molecule has 2 aliphatic heterocycles. The zero-order valence-electron chi connectivity index (χ0n) is 29.7. The molecule has 7 rings (SSSR count). The van der Waals surface area contributed by atoms with Crippen LogP contribution in [0.2, 0.25) is 0 Å². The fourth-order valence-electron chi connectivity index (χ4n) is 6.79. The zero-order valence-corrected chi connectivity index (χ0v) is 29.7. The van der Waals surface area contributed by atoms with Crippen LogP contribution in [0, 0.1) is 6.92 Å². The monoisotopic (exact) mass is 716 g/mol. The van der Waals surface area contributed by atoms with Crippen LogP contribution in [0.15, 0.2) is 115 Å². The molecular weight excluding hydrogens is 676 g/mol. The Morgan fingerprint density at radius 1 is 0.849 bits per heavy atom. The number of aliphatic hydroxyl groups excluding tert-OH is 2. The van der Waals surface area contributed by atoms with Crippen molar-refractivity contribution in [3.05, 3.63) is 132 Å². The second-order valence-electron chi connectivity index (χ2n) is 13.5. The van der Waals surface area contributed by atoms with E-state index in [1.54, 1.807) is 63.2 Å². The number of nitrogens with one attached hydrogen (secondary N) is 2. The fraction of sp³-hybridized carbons (Fsp3) is 0.238. The van der Waals surface area contributed by atoms with Crippen molar-refractivity contribution >= 4 is 34.2 Å². The van der Waals surface area contributed by atoms with Gasteiger partial charge < -0.3 is 39.2 Å². The summed E-state index contributed by atoms with van der Waals surface area (Å²) in [5.41, 5.74) is 2.85. The maximum absolute atomic E-state index is 13.4. The number of rotatable bonds is 8. The van der Waals surface area contributed by atoms with Crippen molar-refractivity contribution in [3.63, 3.8) is 0 Å². The van der Waals surface area contributed by atoms with Crippen LogP contribution in [0.4, 0.5) is 10.5 Å². The van der Waals surface area contributed by atoms with Crippen molar-refractivity contribution in [1.29, 1.82) is 0 Å². The Morgan fingerprint density at radius 3 is 2.36 bits per heavy atom. The second kappa shape index (κ2) is 14.6. The summed E-state index contributed by atoms with van der Waals surface area (Å²) in [6, 6.07) is 33.5. The lowest BCUT2D eigenvalue weighted by molar-refractivity contribution is -0.304. The minimum atomic E-state index is -1.44. The highest BCUT2D eigenvalue weighted by atomic mass is 16.7. The van der Waals surface area contributed by atoms with E-state index in [4.69, 9.17) is 23.7 Å². The van der Waals surface area contributed by atoms with E-state index in [0.717, 1.165) is 21.9 Å². The number of ether oxygens (including phenoxy) is 5. The number of fused-ring (bicyclic) bond motifs is 2. The lowest BCUT2D eigenvalue weighted by atomic mass is 9.89. The average Bonchev–Trinajstić information content (AvgIpc) is 3.16. The van der Waals surface area contributed by atoms with Crippen LogP contribution in [-0.4, -0.2) is 66.1 Å². The molecule has 0 aromatic heterocycles. The van der Waals surface area contributed by atoms with Gasteiger partial charge in [-0.2, -0.15) is 0 Å². The van der Waals surface area contributed by atoms with Gasteiger partial charge in [0.2, 0.25) is 6.29 Å². The topological polar surface area (TPSA) is 145 Å². The third kappa shape index (κ3) is 7.27. The number of methoxy groups -OCH3 is 1. The van der Waals surface area contributed by atoms with Gasteiger partial charge in [0, 0.05) is 23.9 Å². The minimum absolute atomic E-state index is 0.114. The Hall–Kier alpha value is -5.88. The summed E-state index contributed by atoms with van der Waals surface area (Å²) in [4.78, 5) is 26.3. The molecule has 0 spiro atoms. The lowest BCUT2D eigenvalue weighted by Crippen LogP contribution is -2.65. The summed E-state index contributed by atoms with van der Waals surface area (Å²) in [6.07, 6.45) is -5.47. The van der Waals surface area contributed by atoms with Gasteiger partial charge in [0.25, 0.3) is 5.91 Å². The van der Waals surface area contributed by atoms with Crippen molar-refractivity contribution in [2.75, 3.05) is 19.0 Å². The number of carbonyl (C=O) groups excluding carboxylic acids is 2. The number of carbonyl (C=O) groups is 2. The van der Waals surface area contributed by atoms with Gasteiger partial charge >= 0.3 is 6.09 Å². The first kappa shape index (κ1) is 35.5. The summed E-state index contributed by atoms with van der Waals surface area (Å²) in [5, 5.41) is 30.4. The molecule has 0 radical (unpaired) electrons. The van der Waals surface area contributed by atoms with E-state index < -0.39 is 42.2 Å². The fourth-order valence-corrected chi connectivity index (χ4v) is 6.79. The van der Waals surface area contributed by atoms with Crippen LogP contribution in [0.5, 0.6) is 11.5 Å². The first-order valence-corrected chi connectivity index (χ1v) is 17.2. The third-order valence-corrected chi connectivity index (χ3v) is 9.51. The molecule has 11 heteroatoms. The van der Waals surface area contributed by atoms with E-state index in [9.17, 15) is 19.8 Å². The van der Waals surface area contributed by atoms with Gasteiger partial charge in [-0.15, -0.1) is 0 Å². The van der Waals surface area contributed by atoms with E-state index in [1.165, 1.54) is 7.11 Å². The van der Waals surface area contributed by atoms with Gasteiger partial charge in [-0.25, -0.2) is 4.79 Å². The Bertz CT molecular complexity index is 2200. The average molecular weight is 717 g/mol. The third-order valence-electron chi connectivity index (χ3n) is 9.51. The first-order valence-electron chi connectivity index (χ1n) is 17.2. The maximum Gasteiger partial charge on any atom is 0.412 e. The molecule has 272 valence electrons. The number of aliphatic hydroxyl groups is 2. The molecule has 2 amide bonds. The maximum atomic E-state index is 13.4. The van der Waals surface area contributed by atoms with Gasteiger partial charge in [-0.1, -0.05) is 66.7 Å². The second-order valence-corrected chi connectivity index (χ2v) is 13.5. The molecule has 4 atom stereocenters. The molecule has 0 saturated carbocycles. The number of hydrogen-bond donors (Lipinski definition) is 4. The van der Waals surface area contributed by atoms with E-state index in [0.29, 0.717) is 33.9 Å². The molecule has 2 aliphatic rings. The summed E-state index contributed by atoms with van der Waals surface area (Å²) < 4.78 is 29.7. The van der Waals surface area contributed by atoms with Crippen LogP contribution in [0.1, 0.15) is 35.3 Å². The molecule has 1 fully saturated rings. The quantitative estimate of drug-likeness (QED) is 0.129. The normalized spacial score (nSPS) is 20.5. The number of amides is 2. The molecule has 5 aromatic rings. The molecule has 2 heterocycles. The smallest absolute Gasteiger partial charge is 0.412 e. The largest absolute Gasteiger partial charge is 0.505 e. The van der Waals surface area contributed by atoms with Crippen molar-refractivity contribution < 1.29 is 43.5 Å². The predicted molar refractivity (Wildman–Crippen MR) is 200 cm³/mol.